The van der Waals surface area contributed by atoms with Crippen LogP contribution in [0.5, 0.6) is 0 Å². The number of nitrogens with two attached hydrogens (primary N) is 2. The number of pyridine rings is 1. The summed E-state index contributed by atoms with van der Waals surface area (Å²) in [5, 5.41) is 1.09. The van der Waals surface area contributed by atoms with Gasteiger partial charge in [-0.1, -0.05) is 18.2 Å². The van der Waals surface area contributed by atoms with E-state index in [4.69, 9.17) is 11.5 Å². The minimum absolute atomic E-state index is 0.108. The van der Waals surface area contributed by atoms with Crippen LogP contribution in [0.4, 0.5) is 0 Å². The van der Waals surface area contributed by atoms with E-state index >= 15 is 0 Å². The maximum absolute atomic E-state index is 5.91. The van der Waals surface area contributed by atoms with Crippen molar-refractivity contribution in [2.45, 2.75) is 6.04 Å². The predicted molar refractivity (Wildman–Crippen MR) is 57.7 cm³/mol. The van der Waals surface area contributed by atoms with Gasteiger partial charge < -0.3 is 11.5 Å². The summed E-state index contributed by atoms with van der Waals surface area (Å²) >= 11 is 0. The SMILES string of the molecule is NC[C@H](N)c1ccnc2ccccc12. The number of rotatable bonds is 2. The molecule has 72 valence electrons. The van der Waals surface area contributed by atoms with E-state index in [1.807, 2.05) is 30.3 Å². The molecule has 0 aliphatic heterocycles. The van der Waals surface area contributed by atoms with Crippen LogP contribution < -0.4 is 11.5 Å². The molecular weight excluding hydrogens is 174 g/mol. The van der Waals surface area contributed by atoms with Crippen molar-refractivity contribution in [3.05, 3.63) is 42.1 Å². The summed E-state index contributed by atoms with van der Waals surface area (Å²) in [6, 6.07) is 9.77. The van der Waals surface area contributed by atoms with E-state index in [0.717, 1.165) is 16.5 Å². The highest BCUT2D eigenvalue weighted by Gasteiger charge is 2.07. The standard InChI is InChI=1S/C11H13N3/c12-7-10(13)8-5-6-14-11-4-2-1-3-9(8)11/h1-6,10H,7,12-13H2/t10-/m0/s1. The molecule has 1 atom stereocenters. The molecule has 0 radical (unpaired) electrons. The van der Waals surface area contributed by atoms with Crippen LogP contribution in [0.3, 0.4) is 0 Å². The van der Waals surface area contributed by atoms with Crippen molar-refractivity contribution >= 4 is 10.9 Å². The first-order valence-corrected chi connectivity index (χ1v) is 4.62. The first-order chi connectivity index (χ1) is 6.83. The lowest BCUT2D eigenvalue weighted by Crippen LogP contribution is -2.21. The molecule has 1 aromatic carbocycles. The Hall–Kier alpha value is -1.45. The zero-order valence-electron chi connectivity index (χ0n) is 7.85. The van der Waals surface area contributed by atoms with Crippen LogP contribution in [-0.2, 0) is 0 Å². The molecule has 4 N–H and O–H groups in total. The summed E-state index contributed by atoms with van der Waals surface area (Å²) in [6.45, 7) is 0.452. The van der Waals surface area contributed by atoms with Gasteiger partial charge in [-0.2, -0.15) is 0 Å². The molecule has 0 spiro atoms. The fourth-order valence-electron chi connectivity index (χ4n) is 1.57. The fraction of sp³-hybridized carbons (Fsp3) is 0.182. The lowest BCUT2D eigenvalue weighted by atomic mass is 10.0. The smallest absolute Gasteiger partial charge is 0.0705 e. The fourth-order valence-corrected chi connectivity index (χ4v) is 1.57. The number of hydrogen-bond donors (Lipinski definition) is 2. The zero-order valence-corrected chi connectivity index (χ0v) is 7.85. The van der Waals surface area contributed by atoms with Gasteiger partial charge in [-0.15, -0.1) is 0 Å². The molecule has 0 aliphatic rings. The number of fused-ring (bicyclic) bond motifs is 1. The molecule has 0 saturated carbocycles. The summed E-state index contributed by atoms with van der Waals surface area (Å²) < 4.78 is 0. The minimum atomic E-state index is -0.108. The third-order valence-electron chi connectivity index (χ3n) is 2.34. The summed E-state index contributed by atoms with van der Waals surface area (Å²) in [5.41, 5.74) is 13.5. The maximum atomic E-state index is 5.91. The topological polar surface area (TPSA) is 64.9 Å². The molecule has 3 nitrogen and oxygen atoms in total. The van der Waals surface area contributed by atoms with Crippen LogP contribution in [-0.4, -0.2) is 11.5 Å². The average molecular weight is 187 g/mol. The Kier molecular flexibility index (Phi) is 2.43. The van der Waals surface area contributed by atoms with Crippen LogP contribution in [0.2, 0.25) is 0 Å². The van der Waals surface area contributed by atoms with Gasteiger partial charge in [0, 0.05) is 24.2 Å². The molecule has 0 saturated heterocycles. The van der Waals surface area contributed by atoms with Crippen LogP contribution in [0.25, 0.3) is 10.9 Å². The number of hydrogen-bond acceptors (Lipinski definition) is 3. The molecule has 0 bridgehead atoms. The van der Waals surface area contributed by atoms with Crippen molar-refractivity contribution in [2.24, 2.45) is 11.5 Å². The van der Waals surface area contributed by atoms with Gasteiger partial charge in [0.25, 0.3) is 0 Å². The van der Waals surface area contributed by atoms with E-state index in [2.05, 4.69) is 4.98 Å². The summed E-state index contributed by atoms with van der Waals surface area (Å²) in [6.07, 6.45) is 1.77. The molecule has 0 aliphatic carbocycles. The number of nitrogens with zero attached hydrogens (tertiary/aromatic N) is 1. The molecule has 2 rings (SSSR count). The molecule has 3 heteroatoms. The minimum Gasteiger partial charge on any atom is -0.329 e. The van der Waals surface area contributed by atoms with Crippen LogP contribution >= 0.6 is 0 Å². The number of benzene rings is 1. The molecule has 1 heterocycles. The van der Waals surface area contributed by atoms with Gasteiger partial charge in [-0.05, 0) is 17.7 Å². The van der Waals surface area contributed by atoms with Gasteiger partial charge >= 0.3 is 0 Å². The Balaban J connectivity index is 2.65. The highest BCUT2D eigenvalue weighted by molar-refractivity contribution is 5.82. The highest BCUT2D eigenvalue weighted by Crippen LogP contribution is 2.20. The highest BCUT2D eigenvalue weighted by atomic mass is 14.7. The normalized spacial score (nSPS) is 13.0. The zero-order chi connectivity index (χ0) is 9.97. The van der Waals surface area contributed by atoms with Crippen molar-refractivity contribution in [3.63, 3.8) is 0 Å². The monoisotopic (exact) mass is 187 g/mol. The molecule has 2 aromatic rings. The second kappa shape index (κ2) is 3.74. The van der Waals surface area contributed by atoms with E-state index in [1.54, 1.807) is 6.20 Å². The Bertz CT molecular complexity index is 434. The van der Waals surface area contributed by atoms with Crippen molar-refractivity contribution < 1.29 is 0 Å². The summed E-state index contributed by atoms with van der Waals surface area (Å²) in [7, 11) is 0. The van der Waals surface area contributed by atoms with Gasteiger partial charge in [0.15, 0.2) is 0 Å². The lowest BCUT2D eigenvalue weighted by molar-refractivity contribution is 0.742. The Morgan fingerprint density at radius 1 is 1.21 bits per heavy atom. The second-order valence-electron chi connectivity index (χ2n) is 3.26. The van der Waals surface area contributed by atoms with Crippen LogP contribution in [0, 0.1) is 0 Å². The first kappa shape index (κ1) is 9.12. The lowest BCUT2D eigenvalue weighted by Gasteiger charge is -2.11. The predicted octanol–water partition coefficient (Wildman–Crippen LogP) is 1.19. The number of aromatic nitrogens is 1. The largest absolute Gasteiger partial charge is 0.329 e. The van der Waals surface area contributed by atoms with E-state index in [0.29, 0.717) is 6.54 Å². The average Bonchev–Trinajstić information content (AvgIpc) is 2.27. The Morgan fingerprint density at radius 3 is 2.79 bits per heavy atom. The first-order valence-electron chi connectivity index (χ1n) is 4.62. The molecule has 14 heavy (non-hydrogen) atoms. The Labute approximate surface area is 82.7 Å². The molecular formula is C11H13N3. The maximum Gasteiger partial charge on any atom is 0.0705 e. The quantitative estimate of drug-likeness (QED) is 0.742. The summed E-state index contributed by atoms with van der Waals surface area (Å²) in [4.78, 5) is 4.26. The van der Waals surface area contributed by atoms with E-state index in [1.165, 1.54) is 0 Å². The van der Waals surface area contributed by atoms with Crippen molar-refractivity contribution in [1.29, 1.82) is 0 Å². The number of para-hydroxylation sites is 1. The molecule has 1 aromatic heterocycles. The van der Waals surface area contributed by atoms with E-state index < -0.39 is 0 Å². The summed E-state index contributed by atoms with van der Waals surface area (Å²) in [5.74, 6) is 0. The van der Waals surface area contributed by atoms with Crippen molar-refractivity contribution in [1.82, 2.24) is 4.98 Å². The third-order valence-corrected chi connectivity index (χ3v) is 2.34. The van der Waals surface area contributed by atoms with Gasteiger partial charge in [-0.3, -0.25) is 4.98 Å². The van der Waals surface area contributed by atoms with E-state index in [9.17, 15) is 0 Å². The van der Waals surface area contributed by atoms with Gasteiger partial charge in [0.1, 0.15) is 0 Å². The molecule has 0 amide bonds. The van der Waals surface area contributed by atoms with Gasteiger partial charge in [-0.25, -0.2) is 0 Å². The Morgan fingerprint density at radius 2 is 2.00 bits per heavy atom. The van der Waals surface area contributed by atoms with Crippen LogP contribution in [0.15, 0.2) is 36.5 Å². The van der Waals surface area contributed by atoms with Crippen LogP contribution in [0.1, 0.15) is 11.6 Å². The second-order valence-corrected chi connectivity index (χ2v) is 3.26. The third kappa shape index (κ3) is 1.47. The molecule has 0 fully saturated rings. The van der Waals surface area contributed by atoms with E-state index in [-0.39, 0.29) is 6.04 Å². The van der Waals surface area contributed by atoms with Gasteiger partial charge in [0.2, 0.25) is 0 Å². The van der Waals surface area contributed by atoms with Crippen molar-refractivity contribution in [2.75, 3.05) is 6.54 Å². The van der Waals surface area contributed by atoms with Gasteiger partial charge in [0.05, 0.1) is 5.52 Å². The molecule has 0 unspecified atom stereocenters. The van der Waals surface area contributed by atoms with Crippen molar-refractivity contribution in [3.8, 4) is 0 Å².